The van der Waals surface area contributed by atoms with E-state index in [-0.39, 0.29) is 5.91 Å². The molecule has 0 bridgehead atoms. The number of aromatic nitrogens is 2. The minimum Gasteiger partial charge on any atom is -0.444 e. The van der Waals surface area contributed by atoms with E-state index in [0.29, 0.717) is 17.1 Å². The van der Waals surface area contributed by atoms with Crippen LogP contribution in [0.4, 0.5) is 0 Å². The second-order valence-corrected chi connectivity index (χ2v) is 7.60. The molecule has 0 saturated heterocycles. The fourth-order valence-corrected chi connectivity index (χ4v) is 4.13. The molecule has 0 saturated carbocycles. The van der Waals surface area contributed by atoms with Gasteiger partial charge in [0.25, 0.3) is 5.91 Å². The monoisotopic (exact) mass is 418 g/mol. The molecular formula is C26H18N4O2. The molecule has 1 unspecified atom stereocenters. The van der Waals surface area contributed by atoms with Gasteiger partial charge >= 0.3 is 0 Å². The highest BCUT2D eigenvalue weighted by Gasteiger charge is 2.30. The first-order valence-corrected chi connectivity index (χ1v) is 10.3. The average molecular weight is 418 g/mol. The molecule has 2 N–H and O–H groups in total. The van der Waals surface area contributed by atoms with Crippen LogP contribution in [0.1, 0.15) is 33.5 Å². The summed E-state index contributed by atoms with van der Waals surface area (Å²) in [6.45, 7) is 0. The summed E-state index contributed by atoms with van der Waals surface area (Å²) in [6, 6.07) is 27.5. The smallest absolute Gasteiger partial charge is 0.269 e. The van der Waals surface area contributed by atoms with E-state index < -0.39 is 6.17 Å². The Morgan fingerprint density at radius 2 is 1.66 bits per heavy atom. The summed E-state index contributed by atoms with van der Waals surface area (Å²) < 4.78 is 5.74. The zero-order chi connectivity index (χ0) is 21.5. The third-order valence-corrected chi connectivity index (χ3v) is 5.63. The largest absolute Gasteiger partial charge is 0.444 e. The number of para-hydroxylation sites is 1. The van der Waals surface area contributed by atoms with Crippen molar-refractivity contribution in [2.24, 2.45) is 4.99 Å². The quantitative estimate of drug-likeness (QED) is 0.427. The number of nitrogens with one attached hydrogen (secondary N) is 2. The molecule has 6 rings (SSSR count). The van der Waals surface area contributed by atoms with Crippen LogP contribution < -0.4 is 5.32 Å². The van der Waals surface area contributed by atoms with Crippen molar-refractivity contribution >= 4 is 22.5 Å². The number of nitrogens with zero attached hydrogens (tertiary/aromatic N) is 2. The Labute approximate surface area is 183 Å². The summed E-state index contributed by atoms with van der Waals surface area (Å²) in [4.78, 5) is 25.7. The Bertz CT molecular complexity index is 1450. The van der Waals surface area contributed by atoms with Gasteiger partial charge in [-0.3, -0.25) is 9.79 Å². The Hall–Kier alpha value is -4.45. The maximum atomic E-state index is 13.2. The Morgan fingerprint density at radius 3 is 2.50 bits per heavy atom. The number of rotatable bonds is 3. The van der Waals surface area contributed by atoms with E-state index in [1.54, 1.807) is 0 Å². The number of fused-ring (bicyclic) bond motifs is 4. The third-order valence-electron chi connectivity index (χ3n) is 5.63. The molecule has 3 aromatic carbocycles. The summed E-state index contributed by atoms with van der Waals surface area (Å²) in [5, 5.41) is 3.99. The second kappa shape index (κ2) is 7.35. The fraction of sp³-hybridized carbons (Fsp3) is 0.0385. The van der Waals surface area contributed by atoms with Crippen LogP contribution in [-0.2, 0) is 0 Å². The van der Waals surface area contributed by atoms with Crippen molar-refractivity contribution in [2.75, 3.05) is 0 Å². The van der Waals surface area contributed by atoms with E-state index in [4.69, 9.17) is 9.41 Å². The number of benzene rings is 3. The standard InChI is InChI=1S/C26H18N4O2/c31-26(21-14-17-10-4-7-13-20(17)28-21)30-25-24-23(27-15-32-24)19-12-6-5-11-18(19)22(29-25)16-8-2-1-3-9-16/h1-15,25,28H,(H,30,31). The Kier molecular flexibility index (Phi) is 4.21. The van der Waals surface area contributed by atoms with Crippen molar-refractivity contribution in [1.82, 2.24) is 15.3 Å². The van der Waals surface area contributed by atoms with Gasteiger partial charge in [-0.1, -0.05) is 72.8 Å². The number of oxazole rings is 1. The highest BCUT2D eigenvalue weighted by molar-refractivity contribution is 6.17. The minimum atomic E-state index is -0.728. The van der Waals surface area contributed by atoms with Gasteiger partial charge in [0.15, 0.2) is 18.3 Å². The lowest BCUT2D eigenvalue weighted by Gasteiger charge is -2.13. The van der Waals surface area contributed by atoms with Crippen LogP contribution >= 0.6 is 0 Å². The molecule has 0 aliphatic carbocycles. The van der Waals surface area contributed by atoms with Crippen molar-refractivity contribution in [2.45, 2.75) is 6.17 Å². The Morgan fingerprint density at radius 1 is 0.906 bits per heavy atom. The number of hydrogen-bond donors (Lipinski definition) is 2. The van der Waals surface area contributed by atoms with E-state index in [2.05, 4.69) is 15.3 Å². The molecule has 1 aliphatic rings. The second-order valence-electron chi connectivity index (χ2n) is 7.60. The van der Waals surface area contributed by atoms with Gasteiger partial charge in [-0.2, -0.15) is 0 Å². The number of aromatic amines is 1. The van der Waals surface area contributed by atoms with Crippen LogP contribution in [0.15, 0.2) is 101 Å². The number of carbonyl (C=O) groups excluding carboxylic acids is 1. The first-order valence-electron chi connectivity index (χ1n) is 10.3. The lowest BCUT2D eigenvalue weighted by molar-refractivity contribution is 0.0929. The zero-order valence-corrected chi connectivity index (χ0v) is 16.9. The van der Waals surface area contributed by atoms with Crippen molar-refractivity contribution in [3.05, 3.63) is 114 Å². The fourth-order valence-electron chi connectivity index (χ4n) is 4.13. The van der Waals surface area contributed by atoms with E-state index >= 15 is 0 Å². The Balaban J connectivity index is 1.47. The van der Waals surface area contributed by atoms with Crippen LogP contribution in [0.25, 0.3) is 22.2 Å². The lowest BCUT2D eigenvalue weighted by atomic mass is 9.96. The topological polar surface area (TPSA) is 83.3 Å². The number of amides is 1. The van der Waals surface area contributed by atoms with Gasteiger partial charge in [-0.15, -0.1) is 0 Å². The zero-order valence-electron chi connectivity index (χ0n) is 16.9. The van der Waals surface area contributed by atoms with Gasteiger partial charge < -0.3 is 14.7 Å². The van der Waals surface area contributed by atoms with Gasteiger partial charge in [0.2, 0.25) is 0 Å². The van der Waals surface area contributed by atoms with E-state index in [1.807, 2.05) is 84.9 Å². The van der Waals surface area contributed by atoms with E-state index in [9.17, 15) is 4.79 Å². The molecule has 1 aliphatic heterocycles. The molecule has 3 heterocycles. The first-order chi connectivity index (χ1) is 15.8. The summed E-state index contributed by atoms with van der Waals surface area (Å²) in [5.74, 6) is 0.239. The summed E-state index contributed by atoms with van der Waals surface area (Å²) in [7, 11) is 0. The lowest BCUT2D eigenvalue weighted by Crippen LogP contribution is -2.28. The van der Waals surface area contributed by atoms with E-state index in [0.717, 1.165) is 33.3 Å². The van der Waals surface area contributed by atoms with Crippen LogP contribution in [0.2, 0.25) is 0 Å². The average Bonchev–Trinajstić information content (AvgIpc) is 3.47. The van der Waals surface area contributed by atoms with Crippen molar-refractivity contribution in [1.29, 1.82) is 0 Å². The predicted octanol–water partition coefficient (Wildman–Crippen LogP) is 5.10. The molecule has 6 heteroatoms. The summed E-state index contributed by atoms with van der Waals surface area (Å²) in [6.07, 6.45) is 0.668. The maximum Gasteiger partial charge on any atom is 0.269 e. The molecule has 1 amide bonds. The molecule has 32 heavy (non-hydrogen) atoms. The van der Waals surface area contributed by atoms with Crippen molar-refractivity contribution in [3.8, 4) is 11.3 Å². The van der Waals surface area contributed by atoms with Crippen molar-refractivity contribution in [3.63, 3.8) is 0 Å². The molecule has 6 nitrogen and oxygen atoms in total. The number of H-pyrrole nitrogens is 1. The molecule has 0 fully saturated rings. The molecule has 0 radical (unpaired) electrons. The molecule has 1 atom stereocenters. The normalized spacial score (nSPS) is 14.9. The third kappa shape index (κ3) is 3.01. The highest BCUT2D eigenvalue weighted by Crippen LogP contribution is 2.35. The first kappa shape index (κ1) is 18.3. The van der Waals surface area contributed by atoms with Crippen LogP contribution in [0.3, 0.4) is 0 Å². The van der Waals surface area contributed by atoms with Gasteiger partial charge in [0, 0.05) is 27.6 Å². The van der Waals surface area contributed by atoms with Crippen LogP contribution in [0, 0.1) is 0 Å². The molecule has 2 aromatic heterocycles. The SMILES string of the molecule is O=C(NC1N=C(c2ccccc2)c2ccccc2-c2ncoc21)c1cc2ccccc2[nH]1. The van der Waals surface area contributed by atoms with Gasteiger partial charge in [-0.05, 0) is 12.1 Å². The maximum absolute atomic E-state index is 13.2. The summed E-state index contributed by atoms with van der Waals surface area (Å²) in [5.41, 5.74) is 5.63. The van der Waals surface area contributed by atoms with Gasteiger partial charge in [0.05, 0.1) is 5.71 Å². The van der Waals surface area contributed by atoms with Gasteiger partial charge in [0.1, 0.15) is 11.4 Å². The van der Waals surface area contributed by atoms with Crippen molar-refractivity contribution < 1.29 is 9.21 Å². The number of hydrogen-bond acceptors (Lipinski definition) is 4. The van der Waals surface area contributed by atoms with Crippen LogP contribution in [-0.4, -0.2) is 21.6 Å². The molecule has 0 spiro atoms. The molecular weight excluding hydrogens is 400 g/mol. The molecule has 5 aromatic rings. The minimum absolute atomic E-state index is 0.268. The van der Waals surface area contributed by atoms with Gasteiger partial charge in [-0.25, -0.2) is 4.98 Å². The molecule has 154 valence electrons. The number of aliphatic imine (C=N–C) groups is 1. The highest BCUT2D eigenvalue weighted by atomic mass is 16.3. The van der Waals surface area contributed by atoms with E-state index in [1.165, 1.54) is 6.39 Å². The van der Waals surface area contributed by atoms with Crippen LogP contribution in [0.5, 0.6) is 0 Å². The predicted molar refractivity (Wildman–Crippen MR) is 123 cm³/mol. The number of carbonyl (C=O) groups is 1. The summed E-state index contributed by atoms with van der Waals surface area (Å²) >= 11 is 0.